The van der Waals surface area contributed by atoms with Crippen molar-refractivity contribution in [1.82, 2.24) is 4.90 Å². The Balaban J connectivity index is 1.85. The van der Waals surface area contributed by atoms with Crippen LogP contribution in [0.3, 0.4) is 0 Å². The van der Waals surface area contributed by atoms with E-state index in [1.807, 2.05) is 25.7 Å². The second kappa shape index (κ2) is 5.73. The van der Waals surface area contributed by atoms with Gasteiger partial charge in [-0.15, -0.1) is 0 Å². The minimum atomic E-state index is -0.460. The molecule has 0 aromatic carbocycles. The number of carbonyl (C=O) groups excluding carboxylic acids is 1. The van der Waals surface area contributed by atoms with Gasteiger partial charge in [0.25, 0.3) is 0 Å². The van der Waals surface area contributed by atoms with Gasteiger partial charge in [-0.2, -0.15) is 0 Å². The van der Waals surface area contributed by atoms with E-state index in [1.54, 1.807) is 0 Å². The number of allylic oxidation sites excluding steroid dienone is 1. The minimum absolute atomic E-state index is 0.0924. The highest BCUT2D eigenvalue weighted by Crippen LogP contribution is 2.44. The monoisotopic (exact) mass is 305 g/mol. The lowest BCUT2D eigenvalue weighted by molar-refractivity contribution is -0.0741. The quantitative estimate of drug-likeness (QED) is 0.739. The Morgan fingerprint density at radius 3 is 3.00 bits per heavy atom. The fraction of sp³-hybridized carbons (Fsp3) is 0.722. The zero-order valence-electron chi connectivity index (χ0n) is 13.9. The van der Waals surface area contributed by atoms with Crippen LogP contribution in [0.15, 0.2) is 23.8 Å². The number of rotatable bonds is 1. The van der Waals surface area contributed by atoms with Gasteiger partial charge in [0.2, 0.25) is 0 Å². The first-order chi connectivity index (χ1) is 10.4. The van der Waals surface area contributed by atoms with Crippen LogP contribution in [0.2, 0.25) is 0 Å². The molecule has 0 radical (unpaired) electrons. The summed E-state index contributed by atoms with van der Waals surface area (Å²) >= 11 is 0. The summed E-state index contributed by atoms with van der Waals surface area (Å²) < 4.78 is 11.8. The predicted molar refractivity (Wildman–Crippen MR) is 85.7 cm³/mol. The van der Waals surface area contributed by atoms with E-state index < -0.39 is 5.60 Å². The van der Waals surface area contributed by atoms with Crippen molar-refractivity contribution in [2.45, 2.75) is 70.1 Å². The maximum absolute atomic E-state index is 12.7. The highest BCUT2D eigenvalue weighted by molar-refractivity contribution is 5.69. The van der Waals surface area contributed by atoms with Gasteiger partial charge in [-0.1, -0.05) is 18.2 Å². The van der Waals surface area contributed by atoms with Crippen molar-refractivity contribution in [2.24, 2.45) is 0 Å². The first kappa shape index (κ1) is 15.6. The Hall–Kier alpha value is -1.29. The van der Waals surface area contributed by atoms with Gasteiger partial charge in [0, 0.05) is 6.54 Å². The molecule has 0 spiro atoms. The molecule has 1 aliphatic carbocycles. The number of ether oxygens (including phenoxy) is 2. The summed E-state index contributed by atoms with van der Waals surface area (Å²) in [5.74, 6) is 0. The van der Waals surface area contributed by atoms with Gasteiger partial charge in [0.1, 0.15) is 11.2 Å². The molecule has 4 nitrogen and oxygen atoms in total. The molecule has 4 heteroatoms. The van der Waals surface area contributed by atoms with Crippen LogP contribution >= 0.6 is 0 Å². The Morgan fingerprint density at radius 2 is 2.23 bits per heavy atom. The first-order valence-electron chi connectivity index (χ1n) is 8.43. The van der Waals surface area contributed by atoms with Gasteiger partial charge in [0.15, 0.2) is 0 Å². The van der Waals surface area contributed by atoms with E-state index in [-0.39, 0.29) is 17.7 Å². The van der Waals surface area contributed by atoms with Gasteiger partial charge in [-0.05, 0) is 58.4 Å². The van der Waals surface area contributed by atoms with Crippen molar-refractivity contribution >= 4 is 6.09 Å². The Labute approximate surface area is 133 Å². The Kier molecular flexibility index (Phi) is 4.06. The van der Waals surface area contributed by atoms with Crippen LogP contribution in [0.4, 0.5) is 4.79 Å². The molecule has 122 valence electrons. The predicted octanol–water partition coefficient (Wildman–Crippen LogP) is 3.82. The molecule has 22 heavy (non-hydrogen) atoms. The molecule has 0 bridgehead atoms. The van der Waals surface area contributed by atoms with Crippen molar-refractivity contribution < 1.29 is 14.3 Å². The molecule has 1 amide bonds. The summed E-state index contributed by atoms with van der Waals surface area (Å²) in [7, 11) is 0. The molecule has 3 rings (SSSR count). The summed E-state index contributed by atoms with van der Waals surface area (Å²) in [6.45, 7) is 7.18. The van der Waals surface area contributed by atoms with Crippen molar-refractivity contribution in [3.8, 4) is 0 Å². The minimum Gasteiger partial charge on any atom is -0.444 e. The molecular formula is C18H27NO3. The average molecular weight is 305 g/mol. The summed E-state index contributed by atoms with van der Waals surface area (Å²) in [4.78, 5) is 14.6. The number of nitrogens with zero attached hydrogens (tertiary/aromatic N) is 1. The third-order valence-corrected chi connectivity index (χ3v) is 4.78. The maximum Gasteiger partial charge on any atom is 0.410 e. The summed E-state index contributed by atoms with van der Waals surface area (Å²) in [5.41, 5.74) is 0.476. The number of fused-ring (bicyclic) bond motifs is 1. The molecule has 1 fully saturated rings. The molecule has 0 aromatic rings. The lowest BCUT2D eigenvalue weighted by Gasteiger charge is -2.47. The molecule has 2 heterocycles. The second-order valence-electron chi connectivity index (χ2n) is 7.49. The lowest BCUT2D eigenvalue weighted by Crippen LogP contribution is -2.58. The van der Waals surface area contributed by atoms with Gasteiger partial charge < -0.3 is 14.4 Å². The molecule has 0 N–H and O–H groups in total. The molecule has 1 saturated heterocycles. The summed E-state index contributed by atoms with van der Waals surface area (Å²) in [6, 6.07) is 0.0924. The molecule has 0 unspecified atom stereocenters. The van der Waals surface area contributed by atoms with Gasteiger partial charge in [0.05, 0.1) is 12.6 Å². The van der Waals surface area contributed by atoms with Crippen molar-refractivity contribution in [2.75, 3.05) is 13.2 Å². The third-order valence-electron chi connectivity index (χ3n) is 4.78. The van der Waals surface area contributed by atoms with Crippen LogP contribution in [0.1, 0.15) is 52.9 Å². The van der Waals surface area contributed by atoms with Gasteiger partial charge >= 0.3 is 6.09 Å². The normalized spacial score (nSPS) is 31.7. The number of amides is 1. The van der Waals surface area contributed by atoms with Crippen LogP contribution in [0.25, 0.3) is 0 Å². The second-order valence-corrected chi connectivity index (χ2v) is 7.49. The molecular weight excluding hydrogens is 278 g/mol. The zero-order chi connectivity index (χ0) is 15.8. The van der Waals surface area contributed by atoms with Crippen LogP contribution in [-0.4, -0.2) is 41.4 Å². The third kappa shape index (κ3) is 2.81. The zero-order valence-corrected chi connectivity index (χ0v) is 13.9. The Morgan fingerprint density at radius 1 is 1.41 bits per heavy atom. The van der Waals surface area contributed by atoms with Crippen LogP contribution in [-0.2, 0) is 9.47 Å². The highest BCUT2D eigenvalue weighted by atomic mass is 16.6. The van der Waals surface area contributed by atoms with E-state index in [4.69, 9.17) is 9.47 Å². The van der Waals surface area contributed by atoms with E-state index in [0.29, 0.717) is 6.61 Å². The maximum atomic E-state index is 12.7. The van der Waals surface area contributed by atoms with Crippen LogP contribution in [0, 0.1) is 0 Å². The SMILES string of the molecule is CC(C)(C)OC(=O)N1CCCC[C@@H]1[C@@]12CCC=CC1=CCO2. The largest absolute Gasteiger partial charge is 0.444 e. The highest BCUT2D eigenvalue weighted by Gasteiger charge is 2.50. The summed E-state index contributed by atoms with van der Waals surface area (Å²) in [6.07, 6.45) is 11.5. The van der Waals surface area contributed by atoms with Crippen molar-refractivity contribution in [3.05, 3.63) is 23.8 Å². The molecule has 2 atom stereocenters. The average Bonchev–Trinajstić information content (AvgIpc) is 2.90. The van der Waals surface area contributed by atoms with E-state index in [9.17, 15) is 4.79 Å². The number of likely N-dealkylation sites (tertiary alicyclic amines) is 1. The number of piperidine rings is 1. The van der Waals surface area contributed by atoms with E-state index in [0.717, 1.165) is 38.6 Å². The summed E-state index contributed by atoms with van der Waals surface area (Å²) in [5, 5.41) is 0. The molecule has 0 aromatic heterocycles. The molecule has 0 saturated carbocycles. The lowest BCUT2D eigenvalue weighted by atomic mass is 9.76. The molecule has 2 aliphatic heterocycles. The van der Waals surface area contributed by atoms with Gasteiger partial charge in [-0.3, -0.25) is 0 Å². The smallest absolute Gasteiger partial charge is 0.410 e. The first-order valence-corrected chi connectivity index (χ1v) is 8.43. The number of carbonyl (C=O) groups is 1. The van der Waals surface area contributed by atoms with Crippen LogP contribution in [0.5, 0.6) is 0 Å². The van der Waals surface area contributed by atoms with Crippen LogP contribution < -0.4 is 0 Å². The molecule has 3 aliphatic rings. The van der Waals surface area contributed by atoms with E-state index >= 15 is 0 Å². The topological polar surface area (TPSA) is 38.8 Å². The van der Waals surface area contributed by atoms with Crippen molar-refractivity contribution in [1.29, 1.82) is 0 Å². The number of hydrogen-bond acceptors (Lipinski definition) is 3. The Bertz CT molecular complexity index is 503. The number of hydrogen-bond donors (Lipinski definition) is 0. The standard InChI is InChI=1S/C18H27NO3/c1-17(2,3)22-16(20)19-12-7-5-9-15(19)18-11-6-4-8-14(18)10-13-21-18/h4,8,10,15H,5-7,9,11-13H2,1-3H3/t15-,18-/m1/s1. The fourth-order valence-corrected chi connectivity index (χ4v) is 3.88. The van der Waals surface area contributed by atoms with Gasteiger partial charge in [-0.25, -0.2) is 4.79 Å². The van der Waals surface area contributed by atoms with E-state index in [2.05, 4.69) is 18.2 Å². The van der Waals surface area contributed by atoms with E-state index in [1.165, 1.54) is 5.57 Å². The van der Waals surface area contributed by atoms with Crippen molar-refractivity contribution in [3.63, 3.8) is 0 Å². The fourth-order valence-electron chi connectivity index (χ4n) is 3.88.